The number of rotatable bonds is 8. The number of hydrogen-bond acceptors (Lipinski definition) is 6. The minimum Gasteiger partial charge on any atom is -0.491 e. The molecule has 0 bridgehead atoms. The van der Waals surface area contributed by atoms with Gasteiger partial charge in [-0.1, -0.05) is 29.4 Å². The van der Waals surface area contributed by atoms with Crippen molar-refractivity contribution >= 4 is 21.6 Å². The molecule has 1 atom stereocenters. The fraction of sp³-hybridized carbons (Fsp3) is 0.190. The Kier molecular flexibility index (Phi) is 5.66. The maximum atomic E-state index is 12.9. The van der Waals surface area contributed by atoms with Crippen molar-refractivity contribution in [2.75, 3.05) is 13.2 Å². The Bertz CT molecular complexity index is 1050. The van der Waals surface area contributed by atoms with Crippen molar-refractivity contribution in [1.82, 2.24) is 10.5 Å². The van der Waals surface area contributed by atoms with Crippen LogP contribution in [-0.2, 0) is 6.54 Å². The lowest BCUT2D eigenvalue weighted by molar-refractivity contribution is 0.106. The van der Waals surface area contributed by atoms with Crippen LogP contribution in [0.1, 0.15) is 5.56 Å². The molecule has 0 aliphatic carbocycles. The van der Waals surface area contributed by atoms with E-state index >= 15 is 0 Å². The van der Waals surface area contributed by atoms with Crippen molar-refractivity contribution in [3.05, 3.63) is 71.4 Å². The van der Waals surface area contributed by atoms with Crippen LogP contribution in [0.4, 0.5) is 4.39 Å². The van der Waals surface area contributed by atoms with Crippen LogP contribution in [0.3, 0.4) is 0 Å². The zero-order valence-electron chi connectivity index (χ0n) is 15.0. The molecule has 2 N–H and O–H groups in total. The summed E-state index contributed by atoms with van der Waals surface area (Å²) in [5.74, 6) is 0.396. The molecule has 2 heterocycles. The Morgan fingerprint density at radius 3 is 2.89 bits per heavy atom. The van der Waals surface area contributed by atoms with Gasteiger partial charge in [0.25, 0.3) is 0 Å². The molecule has 2 aromatic carbocycles. The summed E-state index contributed by atoms with van der Waals surface area (Å²) in [4.78, 5) is 0. The van der Waals surface area contributed by atoms with E-state index in [2.05, 4.69) is 10.5 Å². The first-order valence-corrected chi connectivity index (χ1v) is 9.76. The molecule has 5 nitrogen and oxygen atoms in total. The van der Waals surface area contributed by atoms with E-state index in [9.17, 15) is 9.50 Å². The van der Waals surface area contributed by atoms with Crippen LogP contribution in [-0.4, -0.2) is 29.5 Å². The van der Waals surface area contributed by atoms with Gasteiger partial charge in [-0.15, -0.1) is 11.3 Å². The molecule has 0 aliphatic rings. The molecule has 0 aliphatic heterocycles. The van der Waals surface area contributed by atoms with Gasteiger partial charge in [0.05, 0.1) is 0 Å². The summed E-state index contributed by atoms with van der Waals surface area (Å²) in [5.41, 5.74) is 3.42. The van der Waals surface area contributed by atoms with Crippen LogP contribution in [0, 0.1) is 5.82 Å². The number of nitrogens with one attached hydrogen (secondary N) is 1. The minimum absolute atomic E-state index is 0.160. The van der Waals surface area contributed by atoms with Gasteiger partial charge in [-0.2, -0.15) is 0 Å². The summed E-state index contributed by atoms with van der Waals surface area (Å²) in [6.07, 6.45) is -0.667. The Balaban J connectivity index is 1.30. The highest BCUT2D eigenvalue weighted by atomic mass is 32.1. The third kappa shape index (κ3) is 4.39. The van der Waals surface area contributed by atoms with E-state index < -0.39 is 6.10 Å². The lowest BCUT2D eigenvalue weighted by Crippen LogP contribution is -2.31. The van der Waals surface area contributed by atoms with E-state index in [0.717, 1.165) is 27.1 Å². The highest BCUT2D eigenvalue weighted by Gasteiger charge is 2.12. The molecule has 7 heteroatoms. The molecular formula is C21H19FN2O3S. The third-order valence-electron chi connectivity index (χ3n) is 4.25. The molecule has 4 aromatic rings. The number of aliphatic hydroxyl groups excluding tert-OH is 1. The van der Waals surface area contributed by atoms with Crippen LogP contribution in [0.15, 0.2) is 64.5 Å². The van der Waals surface area contributed by atoms with E-state index in [1.54, 1.807) is 23.5 Å². The predicted molar refractivity (Wildman–Crippen MR) is 107 cm³/mol. The first-order valence-electron chi connectivity index (χ1n) is 8.88. The van der Waals surface area contributed by atoms with Gasteiger partial charge in [0, 0.05) is 18.7 Å². The molecule has 0 spiro atoms. The van der Waals surface area contributed by atoms with E-state index in [-0.39, 0.29) is 12.4 Å². The van der Waals surface area contributed by atoms with Crippen molar-refractivity contribution in [2.24, 2.45) is 0 Å². The third-order valence-corrected chi connectivity index (χ3v) is 5.15. The second-order valence-corrected chi connectivity index (χ2v) is 7.31. The van der Waals surface area contributed by atoms with Gasteiger partial charge in [0.2, 0.25) is 0 Å². The van der Waals surface area contributed by atoms with Gasteiger partial charge in [-0.3, -0.25) is 0 Å². The first kappa shape index (κ1) is 18.6. The average molecular weight is 398 g/mol. The molecule has 0 unspecified atom stereocenters. The summed E-state index contributed by atoms with van der Waals surface area (Å²) in [6, 6.07) is 15.7. The van der Waals surface area contributed by atoms with Gasteiger partial charge in [0.15, 0.2) is 5.58 Å². The van der Waals surface area contributed by atoms with E-state index in [1.807, 2.05) is 35.7 Å². The van der Waals surface area contributed by atoms with Crippen LogP contribution < -0.4 is 10.1 Å². The average Bonchev–Trinajstić information content (AvgIpc) is 3.32. The highest BCUT2D eigenvalue weighted by Crippen LogP contribution is 2.33. The van der Waals surface area contributed by atoms with Crippen molar-refractivity contribution in [3.63, 3.8) is 0 Å². The van der Waals surface area contributed by atoms with Crippen molar-refractivity contribution in [3.8, 4) is 17.0 Å². The number of nitrogens with zero attached hydrogens (tertiary/aromatic N) is 1. The summed E-state index contributed by atoms with van der Waals surface area (Å²) >= 11 is 1.58. The first-order chi connectivity index (χ1) is 13.7. The molecule has 0 radical (unpaired) electrons. The largest absolute Gasteiger partial charge is 0.491 e. The second-order valence-electron chi connectivity index (χ2n) is 6.40. The Morgan fingerprint density at radius 2 is 2.04 bits per heavy atom. The lowest BCUT2D eigenvalue weighted by atomic mass is 10.1. The fourth-order valence-corrected chi connectivity index (χ4v) is 3.65. The summed E-state index contributed by atoms with van der Waals surface area (Å²) < 4.78 is 24.9. The minimum atomic E-state index is -0.667. The normalized spacial score (nSPS) is 12.4. The smallest absolute Gasteiger partial charge is 0.178 e. The van der Waals surface area contributed by atoms with E-state index in [0.29, 0.717) is 18.8 Å². The number of benzene rings is 2. The predicted octanol–water partition coefficient (Wildman–Crippen LogP) is 4.22. The van der Waals surface area contributed by atoms with Crippen LogP contribution >= 0.6 is 11.3 Å². The van der Waals surface area contributed by atoms with Crippen molar-refractivity contribution in [1.29, 1.82) is 0 Å². The Morgan fingerprint density at radius 1 is 1.18 bits per heavy atom. The maximum absolute atomic E-state index is 12.9. The maximum Gasteiger partial charge on any atom is 0.178 e. The molecule has 4 rings (SSSR count). The van der Waals surface area contributed by atoms with Gasteiger partial charge in [-0.05, 0) is 41.3 Å². The van der Waals surface area contributed by atoms with Crippen LogP contribution in [0.25, 0.3) is 21.5 Å². The van der Waals surface area contributed by atoms with Gasteiger partial charge >= 0.3 is 0 Å². The number of fused-ring (bicyclic) bond motifs is 1. The molecule has 2 aromatic heterocycles. The summed E-state index contributed by atoms with van der Waals surface area (Å²) in [7, 11) is 0. The monoisotopic (exact) mass is 398 g/mol. The summed E-state index contributed by atoms with van der Waals surface area (Å²) in [5, 5.41) is 19.4. The standard InChI is InChI=1S/C21H19FN2O3S/c22-16-6-4-14(5-7-16)11-23-12-17(25)13-26-18-3-1-2-15(10-18)20-21-19(27-24-20)8-9-28-21/h1-10,17,23,25H,11-13H2/t17-/m1/s1. The van der Waals surface area contributed by atoms with Gasteiger partial charge in [-0.25, -0.2) is 4.39 Å². The lowest BCUT2D eigenvalue weighted by Gasteiger charge is -2.14. The number of halogens is 1. The van der Waals surface area contributed by atoms with E-state index in [4.69, 9.17) is 9.26 Å². The molecule has 0 saturated carbocycles. The van der Waals surface area contributed by atoms with Gasteiger partial charge < -0.3 is 19.7 Å². The number of thiophene rings is 1. The Hall–Kier alpha value is -2.74. The molecule has 28 heavy (non-hydrogen) atoms. The number of aromatic nitrogens is 1. The quantitative estimate of drug-likeness (QED) is 0.465. The fourth-order valence-electron chi connectivity index (χ4n) is 2.83. The molecule has 0 fully saturated rings. The Labute approximate surface area is 165 Å². The highest BCUT2D eigenvalue weighted by molar-refractivity contribution is 7.17. The number of aliphatic hydroxyl groups is 1. The SMILES string of the molecule is O[C@H](CNCc1ccc(F)cc1)COc1cccc(-c2noc3ccsc23)c1. The number of ether oxygens (including phenoxy) is 1. The van der Waals surface area contributed by atoms with Gasteiger partial charge in [0.1, 0.15) is 34.7 Å². The molecule has 0 saturated heterocycles. The molecule has 0 amide bonds. The topological polar surface area (TPSA) is 67.5 Å². The number of hydrogen-bond donors (Lipinski definition) is 2. The van der Waals surface area contributed by atoms with Crippen molar-refractivity contribution < 1.29 is 18.8 Å². The summed E-state index contributed by atoms with van der Waals surface area (Å²) in [6.45, 7) is 1.08. The van der Waals surface area contributed by atoms with Crippen LogP contribution in [0.2, 0.25) is 0 Å². The van der Waals surface area contributed by atoms with E-state index in [1.165, 1.54) is 12.1 Å². The zero-order chi connectivity index (χ0) is 19.3. The molecule has 144 valence electrons. The zero-order valence-corrected chi connectivity index (χ0v) is 15.8. The van der Waals surface area contributed by atoms with Crippen molar-refractivity contribution in [2.45, 2.75) is 12.6 Å². The molecular weight excluding hydrogens is 379 g/mol. The second kappa shape index (κ2) is 8.52. The van der Waals surface area contributed by atoms with Crippen LogP contribution in [0.5, 0.6) is 5.75 Å².